The Bertz CT molecular complexity index is 1590. The number of likely N-dealkylation sites (N-methyl/N-ethyl adjacent to an activating group) is 1. The van der Waals surface area contributed by atoms with Crippen molar-refractivity contribution in [2.24, 2.45) is 0 Å². The molecule has 230 valence electrons. The zero-order chi connectivity index (χ0) is 30.6. The largest absolute Gasteiger partial charge is 0.462 e. The fourth-order valence-corrected chi connectivity index (χ4v) is 6.97. The van der Waals surface area contributed by atoms with Gasteiger partial charge in [-0.25, -0.2) is 0 Å². The Kier molecular flexibility index (Phi) is 9.17. The van der Waals surface area contributed by atoms with Crippen LogP contribution in [0.3, 0.4) is 0 Å². The van der Waals surface area contributed by atoms with Crippen LogP contribution in [-0.2, 0) is 17.8 Å². The molecule has 0 aliphatic carbocycles. The quantitative estimate of drug-likeness (QED) is 0.379. The van der Waals surface area contributed by atoms with E-state index >= 15 is 0 Å². The summed E-state index contributed by atoms with van der Waals surface area (Å²) in [6.45, 7) is 4.22. The van der Waals surface area contributed by atoms with Gasteiger partial charge in [-0.1, -0.05) is 41.9 Å². The number of hydrogen-bond donors (Lipinski definition) is 1. The molecule has 0 unspecified atom stereocenters. The molecule has 3 aliphatic heterocycles. The molecule has 2 atom stereocenters. The highest BCUT2D eigenvalue weighted by Gasteiger charge is 2.34. The van der Waals surface area contributed by atoms with Crippen molar-refractivity contribution in [2.75, 3.05) is 62.8 Å². The van der Waals surface area contributed by atoms with E-state index in [1.54, 1.807) is 4.90 Å². The number of hydrogen-bond acceptors (Lipinski definition) is 9. The van der Waals surface area contributed by atoms with Crippen LogP contribution >= 0.6 is 11.6 Å². The number of likely N-dealkylation sites (tertiary alicyclic amines) is 1. The zero-order valence-corrected chi connectivity index (χ0v) is 25.8. The second-order valence-corrected chi connectivity index (χ2v) is 12.1. The molecule has 11 heteroatoms. The lowest BCUT2D eigenvalue weighted by Crippen LogP contribution is -2.55. The number of aromatic nitrogens is 2. The molecule has 6 rings (SSSR count). The van der Waals surface area contributed by atoms with Crippen molar-refractivity contribution in [2.45, 2.75) is 44.3 Å². The summed E-state index contributed by atoms with van der Waals surface area (Å²) in [5.74, 6) is 0.624. The molecule has 4 heterocycles. The van der Waals surface area contributed by atoms with Gasteiger partial charge in [-0.2, -0.15) is 15.2 Å². The lowest BCUT2D eigenvalue weighted by atomic mass is 10.0. The Hall–Kier alpha value is -3.91. The second kappa shape index (κ2) is 13.4. The Morgan fingerprint density at radius 3 is 2.75 bits per heavy atom. The van der Waals surface area contributed by atoms with Gasteiger partial charge >= 0.3 is 6.01 Å². The SMILES string of the molecule is CN1CCC[C@H]1COc1nc2c(c(N3CCN(C(=O)/C=C/CO)[C@@H](CC#N)C3)n1)CCN(c1cccc3cccc(Cl)c13)C2. The molecule has 3 aliphatic rings. The van der Waals surface area contributed by atoms with E-state index < -0.39 is 0 Å². The number of nitrogens with zero attached hydrogens (tertiary/aromatic N) is 7. The highest BCUT2D eigenvalue weighted by molar-refractivity contribution is 6.36. The van der Waals surface area contributed by atoms with Crippen molar-refractivity contribution in [1.29, 1.82) is 5.26 Å². The summed E-state index contributed by atoms with van der Waals surface area (Å²) >= 11 is 6.70. The van der Waals surface area contributed by atoms with Crippen molar-refractivity contribution in [3.05, 3.63) is 64.8 Å². The van der Waals surface area contributed by atoms with E-state index in [9.17, 15) is 10.1 Å². The lowest BCUT2D eigenvalue weighted by molar-refractivity contribution is -0.128. The van der Waals surface area contributed by atoms with E-state index in [2.05, 4.69) is 52.1 Å². The number of amides is 1. The molecule has 44 heavy (non-hydrogen) atoms. The van der Waals surface area contributed by atoms with Crippen LogP contribution in [0.2, 0.25) is 5.02 Å². The lowest BCUT2D eigenvalue weighted by Gasteiger charge is -2.42. The Labute approximate surface area is 263 Å². The third kappa shape index (κ3) is 6.18. The molecule has 0 radical (unpaired) electrons. The molecule has 2 saturated heterocycles. The number of carbonyl (C=O) groups excluding carboxylic acids is 1. The van der Waals surface area contributed by atoms with Gasteiger partial charge < -0.3 is 29.4 Å². The predicted octanol–water partition coefficient (Wildman–Crippen LogP) is 3.80. The number of nitriles is 1. The molecule has 0 bridgehead atoms. The first kappa shape index (κ1) is 30.1. The van der Waals surface area contributed by atoms with E-state index in [-0.39, 0.29) is 25.0 Å². The van der Waals surface area contributed by atoms with Crippen molar-refractivity contribution in [3.8, 4) is 12.1 Å². The molecule has 2 aromatic carbocycles. The maximum absolute atomic E-state index is 12.8. The maximum atomic E-state index is 12.8. The summed E-state index contributed by atoms with van der Waals surface area (Å²) in [4.78, 5) is 31.3. The molecule has 3 aromatic rings. The number of anilines is 2. The van der Waals surface area contributed by atoms with Crippen LogP contribution in [0.5, 0.6) is 6.01 Å². The summed E-state index contributed by atoms with van der Waals surface area (Å²) in [5.41, 5.74) is 3.07. The first-order chi connectivity index (χ1) is 21.5. The van der Waals surface area contributed by atoms with E-state index in [0.29, 0.717) is 44.8 Å². The first-order valence-electron chi connectivity index (χ1n) is 15.3. The Morgan fingerprint density at radius 2 is 1.98 bits per heavy atom. The summed E-state index contributed by atoms with van der Waals surface area (Å²) in [7, 11) is 2.12. The van der Waals surface area contributed by atoms with Gasteiger partial charge in [0.15, 0.2) is 0 Å². The van der Waals surface area contributed by atoms with Gasteiger partial charge in [-0.05, 0) is 50.4 Å². The fourth-order valence-electron chi connectivity index (χ4n) is 6.69. The molecule has 1 N–H and O–H groups in total. The van der Waals surface area contributed by atoms with Crippen LogP contribution < -0.4 is 14.5 Å². The summed E-state index contributed by atoms with van der Waals surface area (Å²) < 4.78 is 6.29. The standard InChI is InChI=1S/C33H38ClN7O3/c1-38-15-4-8-25(38)22-44-33-36-28-21-39(29-10-3-7-23-6-2-9-27(34)31(23)29)16-13-26(28)32(37-33)40-17-18-41(24(20-40)12-14-35)30(43)11-5-19-42/h2-3,5-7,9-11,24-25,42H,4,8,12-13,15-22H2,1H3/b11-5+/t24-,25-/m0/s1. The smallest absolute Gasteiger partial charge is 0.318 e. The minimum absolute atomic E-state index is 0.197. The van der Waals surface area contributed by atoms with Gasteiger partial charge in [0.2, 0.25) is 5.91 Å². The van der Waals surface area contributed by atoms with Gasteiger partial charge in [0.05, 0.1) is 42.4 Å². The number of piperazine rings is 1. The molecule has 1 amide bonds. The van der Waals surface area contributed by atoms with Gasteiger partial charge in [-0.15, -0.1) is 0 Å². The minimum atomic E-state index is -0.301. The number of aliphatic hydroxyl groups excluding tert-OH is 1. The number of halogens is 1. The van der Waals surface area contributed by atoms with Gasteiger partial charge in [0.25, 0.3) is 0 Å². The van der Waals surface area contributed by atoms with Crippen LogP contribution in [-0.4, -0.2) is 95.9 Å². The number of ether oxygens (including phenoxy) is 1. The molecular formula is C33H38ClN7O3. The summed E-state index contributed by atoms with van der Waals surface area (Å²) in [5, 5.41) is 21.6. The number of aliphatic hydroxyl groups is 1. The Balaban J connectivity index is 1.32. The topological polar surface area (TPSA) is 109 Å². The normalized spacial score (nSPS) is 20.7. The maximum Gasteiger partial charge on any atom is 0.318 e. The van der Waals surface area contributed by atoms with Crippen LogP contribution in [0.25, 0.3) is 10.8 Å². The van der Waals surface area contributed by atoms with Gasteiger partial charge in [-0.3, -0.25) is 4.79 Å². The van der Waals surface area contributed by atoms with E-state index in [4.69, 9.17) is 31.4 Å². The van der Waals surface area contributed by atoms with Crippen molar-refractivity contribution in [3.63, 3.8) is 0 Å². The fraction of sp³-hybridized carbons (Fsp3) is 0.455. The number of fused-ring (bicyclic) bond motifs is 2. The van der Waals surface area contributed by atoms with Crippen LogP contribution in [0.1, 0.15) is 30.5 Å². The number of rotatable bonds is 8. The van der Waals surface area contributed by atoms with Crippen LogP contribution in [0.4, 0.5) is 11.5 Å². The molecule has 1 aromatic heterocycles. The van der Waals surface area contributed by atoms with Crippen molar-refractivity contribution >= 4 is 39.8 Å². The predicted molar refractivity (Wildman–Crippen MR) is 171 cm³/mol. The summed E-state index contributed by atoms with van der Waals surface area (Å²) in [6.07, 6.45) is 5.99. The third-order valence-corrected chi connectivity index (χ3v) is 9.34. The minimum Gasteiger partial charge on any atom is -0.462 e. The molecular weight excluding hydrogens is 578 g/mol. The zero-order valence-electron chi connectivity index (χ0n) is 25.0. The van der Waals surface area contributed by atoms with Crippen molar-refractivity contribution in [1.82, 2.24) is 19.8 Å². The molecule has 10 nitrogen and oxygen atoms in total. The highest BCUT2D eigenvalue weighted by Crippen LogP contribution is 2.37. The number of carbonyl (C=O) groups is 1. The van der Waals surface area contributed by atoms with Crippen LogP contribution in [0.15, 0.2) is 48.6 Å². The van der Waals surface area contributed by atoms with E-state index in [1.807, 2.05) is 12.1 Å². The molecule has 2 fully saturated rings. The average Bonchev–Trinajstić information content (AvgIpc) is 3.46. The molecule has 0 spiro atoms. The third-order valence-electron chi connectivity index (χ3n) is 9.03. The van der Waals surface area contributed by atoms with Gasteiger partial charge in [0, 0.05) is 54.9 Å². The second-order valence-electron chi connectivity index (χ2n) is 11.7. The number of benzene rings is 2. The van der Waals surface area contributed by atoms with Crippen LogP contribution in [0, 0.1) is 11.3 Å². The van der Waals surface area contributed by atoms with E-state index in [1.165, 1.54) is 12.2 Å². The first-order valence-corrected chi connectivity index (χ1v) is 15.7. The van der Waals surface area contributed by atoms with E-state index in [0.717, 1.165) is 70.9 Å². The average molecular weight is 616 g/mol. The summed E-state index contributed by atoms with van der Waals surface area (Å²) in [6, 6.07) is 14.9. The highest BCUT2D eigenvalue weighted by atomic mass is 35.5. The molecule has 0 saturated carbocycles. The monoisotopic (exact) mass is 615 g/mol. The Morgan fingerprint density at radius 1 is 1.14 bits per heavy atom. The van der Waals surface area contributed by atoms with Crippen molar-refractivity contribution < 1.29 is 14.6 Å². The van der Waals surface area contributed by atoms with Gasteiger partial charge in [0.1, 0.15) is 12.4 Å².